The van der Waals surface area contributed by atoms with Gasteiger partial charge in [0.2, 0.25) is 5.91 Å². The molecule has 104 valence electrons. The van der Waals surface area contributed by atoms with Crippen molar-refractivity contribution in [2.24, 2.45) is 17.8 Å². The number of carbonyl (C=O) groups is 2. The van der Waals surface area contributed by atoms with Gasteiger partial charge in [-0.1, -0.05) is 27.7 Å². The molecule has 0 saturated carbocycles. The molecule has 1 amide bonds. The first-order valence-electron chi connectivity index (χ1n) is 6.87. The fourth-order valence-electron chi connectivity index (χ4n) is 2.67. The molecule has 0 aromatic rings. The molecule has 1 fully saturated rings. The van der Waals surface area contributed by atoms with Gasteiger partial charge in [0.25, 0.3) is 0 Å². The molecule has 0 aliphatic carbocycles. The maximum absolute atomic E-state index is 12.5. The molecule has 1 unspecified atom stereocenters. The Kier molecular flexibility index (Phi) is 5.17. The van der Waals surface area contributed by atoms with Crippen molar-refractivity contribution in [1.82, 2.24) is 4.90 Å². The Bertz CT molecular complexity index is 312. The summed E-state index contributed by atoms with van der Waals surface area (Å²) in [5.74, 6) is -0.177. The zero-order valence-corrected chi connectivity index (χ0v) is 11.8. The van der Waals surface area contributed by atoms with Gasteiger partial charge in [0.15, 0.2) is 0 Å². The normalized spacial score (nSPS) is 21.7. The summed E-state index contributed by atoms with van der Waals surface area (Å²) < 4.78 is 0. The molecule has 18 heavy (non-hydrogen) atoms. The molecule has 1 aliphatic heterocycles. The Hall–Kier alpha value is -1.06. The minimum Gasteiger partial charge on any atom is -0.480 e. The number of hydrogen-bond acceptors (Lipinski definition) is 2. The monoisotopic (exact) mass is 255 g/mol. The van der Waals surface area contributed by atoms with Crippen molar-refractivity contribution in [3.8, 4) is 0 Å². The molecule has 4 heteroatoms. The third-order valence-corrected chi connectivity index (χ3v) is 3.67. The fourth-order valence-corrected chi connectivity index (χ4v) is 2.67. The molecule has 0 bridgehead atoms. The standard InChI is InChI=1S/C14H25NO3/c1-9(2)8-11(10(3)4)13(16)15-7-5-6-12(15)14(17)18/h9-12H,5-8H2,1-4H3,(H,17,18)/t11?,12-/m0/s1. The van der Waals surface area contributed by atoms with E-state index in [2.05, 4.69) is 13.8 Å². The first-order chi connectivity index (χ1) is 8.34. The Morgan fingerprint density at radius 2 is 1.89 bits per heavy atom. The van der Waals surface area contributed by atoms with Crippen LogP contribution in [0.15, 0.2) is 0 Å². The van der Waals surface area contributed by atoms with Crippen LogP contribution < -0.4 is 0 Å². The highest BCUT2D eigenvalue weighted by atomic mass is 16.4. The van der Waals surface area contributed by atoms with Gasteiger partial charge >= 0.3 is 5.97 Å². The van der Waals surface area contributed by atoms with Gasteiger partial charge in [-0.25, -0.2) is 4.79 Å². The van der Waals surface area contributed by atoms with E-state index < -0.39 is 12.0 Å². The smallest absolute Gasteiger partial charge is 0.326 e. The number of likely N-dealkylation sites (tertiary alicyclic amines) is 1. The van der Waals surface area contributed by atoms with Crippen LogP contribution in [0.25, 0.3) is 0 Å². The van der Waals surface area contributed by atoms with Gasteiger partial charge in [0, 0.05) is 12.5 Å². The number of hydrogen-bond donors (Lipinski definition) is 1. The van der Waals surface area contributed by atoms with E-state index in [0.29, 0.717) is 18.9 Å². The fraction of sp³-hybridized carbons (Fsp3) is 0.857. The van der Waals surface area contributed by atoms with Crippen LogP contribution in [0.5, 0.6) is 0 Å². The van der Waals surface area contributed by atoms with Crippen LogP contribution in [0.2, 0.25) is 0 Å². The summed E-state index contributed by atoms with van der Waals surface area (Å²) in [6, 6.07) is -0.606. The van der Waals surface area contributed by atoms with Gasteiger partial charge in [-0.3, -0.25) is 4.79 Å². The van der Waals surface area contributed by atoms with Gasteiger partial charge < -0.3 is 10.0 Å². The van der Waals surface area contributed by atoms with E-state index >= 15 is 0 Å². The highest BCUT2D eigenvalue weighted by Crippen LogP contribution is 2.27. The summed E-state index contributed by atoms with van der Waals surface area (Å²) in [7, 11) is 0. The summed E-state index contributed by atoms with van der Waals surface area (Å²) in [5.41, 5.74) is 0. The van der Waals surface area contributed by atoms with Crippen molar-refractivity contribution in [2.45, 2.75) is 53.0 Å². The number of carbonyl (C=O) groups excluding carboxylic acids is 1. The lowest BCUT2D eigenvalue weighted by Gasteiger charge is -2.29. The van der Waals surface area contributed by atoms with Gasteiger partial charge in [0.1, 0.15) is 6.04 Å². The first kappa shape index (κ1) is 15.0. The third-order valence-electron chi connectivity index (χ3n) is 3.67. The molecule has 1 heterocycles. The van der Waals surface area contributed by atoms with Crippen molar-refractivity contribution in [2.75, 3.05) is 6.54 Å². The van der Waals surface area contributed by atoms with Crippen molar-refractivity contribution in [3.63, 3.8) is 0 Å². The first-order valence-corrected chi connectivity index (χ1v) is 6.87. The molecule has 0 radical (unpaired) electrons. The van der Waals surface area contributed by atoms with Crippen LogP contribution in [-0.4, -0.2) is 34.5 Å². The zero-order chi connectivity index (χ0) is 13.9. The average molecular weight is 255 g/mol. The van der Waals surface area contributed by atoms with Gasteiger partial charge in [-0.15, -0.1) is 0 Å². The van der Waals surface area contributed by atoms with E-state index in [0.717, 1.165) is 12.8 Å². The predicted octanol–water partition coefficient (Wildman–Crippen LogP) is 2.38. The molecule has 0 spiro atoms. The topological polar surface area (TPSA) is 57.6 Å². The van der Waals surface area contributed by atoms with Crippen molar-refractivity contribution in [3.05, 3.63) is 0 Å². The summed E-state index contributed by atoms with van der Waals surface area (Å²) in [5, 5.41) is 9.14. The predicted molar refractivity (Wildman–Crippen MR) is 70.2 cm³/mol. The number of amides is 1. The van der Waals surface area contributed by atoms with Gasteiger partial charge in [-0.2, -0.15) is 0 Å². The Balaban J connectivity index is 2.79. The van der Waals surface area contributed by atoms with E-state index in [-0.39, 0.29) is 17.7 Å². The van der Waals surface area contributed by atoms with E-state index in [9.17, 15) is 9.59 Å². The molecule has 1 N–H and O–H groups in total. The second kappa shape index (κ2) is 6.21. The number of carboxylic acids is 1. The SMILES string of the molecule is CC(C)CC(C(=O)N1CCC[C@H]1C(=O)O)C(C)C. The molecule has 0 aromatic carbocycles. The second-order valence-electron chi connectivity index (χ2n) is 6.01. The number of aliphatic carboxylic acids is 1. The van der Waals surface area contributed by atoms with Crippen LogP contribution in [-0.2, 0) is 9.59 Å². The van der Waals surface area contributed by atoms with Gasteiger partial charge in [-0.05, 0) is 31.1 Å². The molecule has 4 nitrogen and oxygen atoms in total. The summed E-state index contributed by atoms with van der Waals surface area (Å²) in [6.45, 7) is 8.87. The minimum atomic E-state index is -0.868. The highest BCUT2D eigenvalue weighted by Gasteiger charge is 2.37. The lowest BCUT2D eigenvalue weighted by Crippen LogP contribution is -2.45. The molecule has 1 rings (SSSR count). The summed E-state index contributed by atoms with van der Waals surface area (Å²) >= 11 is 0. The molecule has 1 aliphatic rings. The molecule has 2 atom stereocenters. The lowest BCUT2D eigenvalue weighted by molar-refractivity contribution is -0.150. The van der Waals surface area contributed by atoms with Crippen molar-refractivity contribution >= 4 is 11.9 Å². The second-order valence-corrected chi connectivity index (χ2v) is 6.01. The number of nitrogens with zero attached hydrogens (tertiary/aromatic N) is 1. The molecule has 1 saturated heterocycles. The van der Waals surface area contributed by atoms with E-state index in [1.54, 1.807) is 4.90 Å². The zero-order valence-electron chi connectivity index (χ0n) is 11.8. The van der Waals surface area contributed by atoms with Gasteiger partial charge in [0.05, 0.1) is 0 Å². The number of rotatable bonds is 5. The largest absolute Gasteiger partial charge is 0.480 e. The Morgan fingerprint density at radius 3 is 2.33 bits per heavy atom. The Labute approximate surface area is 109 Å². The molecule has 0 aromatic heterocycles. The Morgan fingerprint density at radius 1 is 1.28 bits per heavy atom. The number of carboxylic acid groups (broad SMARTS) is 1. The van der Waals surface area contributed by atoms with E-state index in [1.165, 1.54) is 0 Å². The maximum atomic E-state index is 12.5. The van der Waals surface area contributed by atoms with Crippen molar-refractivity contribution < 1.29 is 14.7 Å². The van der Waals surface area contributed by atoms with Crippen LogP contribution in [0.1, 0.15) is 47.0 Å². The average Bonchev–Trinajstić information content (AvgIpc) is 2.73. The van der Waals surface area contributed by atoms with Crippen LogP contribution in [0.4, 0.5) is 0 Å². The molecular formula is C14H25NO3. The van der Waals surface area contributed by atoms with Crippen molar-refractivity contribution in [1.29, 1.82) is 0 Å². The molecular weight excluding hydrogens is 230 g/mol. The summed E-state index contributed by atoms with van der Waals surface area (Å²) in [4.78, 5) is 25.2. The lowest BCUT2D eigenvalue weighted by atomic mass is 9.86. The maximum Gasteiger partial charge on any atom is 0.326 e. The minimum absolute atomic E-state index is 0.0311. The highest BCUT2D eigenvalue weighted by molar-refractivity contribution is 5.85. The van der Waals surface area contributed by atoms with Crippen LogP contribution in [0, 0.1) is 17.8 Å². The van der Waals surface area contributed by atoms with Crippen LogP contribution >= 0.6 is 0 Å². The summed E-state index contributed by atoms with van der Waals surface area (Å²) in [6.07, 6.45) is 2.22. The van der Waals surface area contributed by atoms with Crippen LogP contribution in [0.3, 0.4) is 0 Å². The quantitative estimate of drug-likeness (QED) is 0.820. The van der Waals surface area contributed by atoms with E-state index in [4.69, 9.17) is 5.11 Å². The van der Waals surface area contributed by atoms with E-state index in [1.807, 2.05) is 13.8 Å². The third kappa shape index (κ3) is 3.47.